The van der Waals surface area contributed by atoms with E-state index in [1.807, 2.05) is 13.8 Å². The molecule has 28 heavy (non-hydrogen) atoms. The van der Waals surface area contributed by atoms with Gasteiger partial charge in [-0.15, -0.1) is 0 Å². The summed E-state index contributed by atoms with van der Waals surface area (Å²) in [5, 5.41) is 0. The molecule has 1 atom stereocenters. The summed E-state index contributed by atoms with van der Waals surface area (Å²) >= 11 is 0. The fourth-order valence-electron chi connectivity index (χ4n) is 3.46. The molecule has 0 radical (unpaired) electrons. The largest absolute Gasteiger partial charge is 0.334 e. The van der Waals surface area contributed by atoms with Gasteiger partial charge in [-0.05, 0) is 36.6 Å². The van der Waals surface area contributed by atoms with Crippen LogP contribution in [0, 0.1) is 5.92 Å². The van der Waals surface area contributed by atoms with Crippen molar-refractivity contribution < 1.29 is 21.6 Å². The molecule has 1 aromatic rings. The van der Waals surface area contributed by atoms with Gasteiger partial charge in [0.2, 0.25) is 10.0 Å². The molecule has 0 aliphatic carbocycles. The summed E-state index contributed by atoms with van der Waals surface area (Å²) in [6.45, 7) is 8.71. The highest BCUT2D eigenvalue weighted by Crippen LogP contribution is 2.23. The zero-order valence-corrected chi connectivity index (χ0v) is 18.6. The minimum absolute atomic E-state index is 0.0140. The number of sulfonamides is 1. The Hall–Kier alpha value is -1.45. The molecule has 2 rings (SSSR count). The van der Waals surface area contributed by atoms with Crippen LogP contribution in [0.1, 0.15) is 44.5 Å². The Bertz CT molecular complexity index is 889. The van der Waals surface area contributed by atoms with Crippen LogP contribution in [0.3, 0.4) is 0 Å². The van der Waals surface area contributed by atoms with Gasteiger partial charge in [0.1, 0.15) is 0 Å². The van der Waals surface area contributed by atoms with Crippen LogP contribution in [0.4, 0.5) is 0 Å². The topological polar surface area (TPSA) is 91.8 Å². The molecule has 1 aromatic carbocycles. The van der Waals surface area contributed by atoms with E-state index in [4.69, 9.17) is 0 Å². The maximum absolute atomic E-state index is 13.1. The van der Waals surface area contributed by atoms with Gasteiger partial charge < -0.3 is 4.90 Å². The molecule has 0 spiro atoms. The van der Waals surface area contributed by atoms with Gasteiger partial charge in [-0.3, -0.25) is 4.79 Å². The Kier molecular flexibility index (Phi) is 7.27. The number of rotatable bonds is 8. The highest BCUT2D eigenvalue weighted by Gasteiger charge is 2.35. The summed E-state index contributed by atoms with van der Waals surface area (Å²) in [6, 6.07) is 5.57. The van der Waals surface area contributed by atoms with Crippen molar-refractivity contribution in [3.8, 4) is 0 Å². The fraction of sp³-hybridized carbons (Fsp3) is 0.632. The summed E-state index contributed by atoms with van der Waals surface area (Å²) in [4.78, 5) is 14.8. The van der Waals surface area contributed by atoms with E-state index in [0.29, 0.717) is 31.6 Å². The summed E-state index contributed by atoms with van der Waals surface area (Å²) in [5.74, 6) is 0.0117. The predicted molar refractivity (Wildman–Crippen MR) is 109 cm³/mol. The van der Waals surface area contributed by atoms with Crippen molar-refractivity contribution in [1.82, 2.24) is 9.21 Å². The number of carbonyl (C=O) groups is 1. The Morgan fingerprint density at radius 3 is 2.14 bits per heavy atom. The third-order valence-corrected chi connectivity index (χ3v) is 8.73. The Balaban J connectivity index is 2.28. The van der Waals surface area contributed by atoms with E-state index in [1.165, 1.54) is 28.6 Å². The number of carbonyl (C=O) groups excluding carboxylic acids is 1. The van der Waals surface area contributed by atoms with Crippen molar-refractivity contribution in [2.75, 3.05) is 31.1 Å². The second-order valence-corrected chi connectivity index (χ2v) is 11.7. The number of sulfone groups is 1. The van der Waals surface area contributed by atoms with Crippen molar-refractivity contribution in [3.63, 3.8) is 0 Å². The minimum atomic E-state index is -3.58. The van der Waals surface area contributed by atoms with Crippen molar-refractivity contribution in [2.45, 2.75) is 45.1 Å². The second-order valence-electron chi connectivity index (χ2n) is 7.52. The molecule has 0 saturated carbocycles. The quantitative estimate of drug-likeness (QED) is 0.629. The molecular weight excluding hydrogens is 400 g/mol. The van der Waals surface area contributed by atoms with Gasteiger partial charge in [-0.1, -0.05) is 27.7 Å². The maximum atomic E-state index is 13.1. The van der Waals surface area contributed by atoms with E-state index < -0.39 is 19.9 Å². The van der Waals surface area contributed by atoms with Crippen LogP contribution in [-0.4, -0.2) is 69.1 Å². The van der Waals surface area contributed by atoms with Crippen LogP contribution >= 0.6 is 0 Å². The first kappa shape index (κ1) is 22.8. The van der Waals surface area contributed by atoms with Crippen molar-refractivity contribution in [2.24, 2.45) is 5.92 Å². The molecule has 1 aliphatic rings. The molecule has 1 amide bonds. The Morgan fingerprint density at radius 2 is 1.71 bits per heavy atom. The lowest BCUT2D eigenvalue weighted by molar-refractivity contribution is 0.0672. The second kappa shape index (κ2) is 8.92. The number of amides is 1. The van der Waals surface area contributed by atoms with Crippen LogP contribution in [0.2, 0.25) is 0 Å². The predicted octanol–water partition coefficient (Wildman–Crippen LogP) is 2.00. The first-order valence-corrected chi connectivity index (χ1v) is 12.9. The lowest BCUT2D eigenvalue weighted by Gasteiger charge is -2.30. The van der Waals surface area contributed by atoms with E-state index in [9.17, 15) is 21.6 Å². The Morgan fingerprint density at radius 1 is 1.14 bits per heavy atom. The molecule has 0 N–H and O–H groups in total. The first-order valence-electron chi connectivity index (χ1n) is 9.63. The van der Waals surface area contributed by atoms with Gasteiger partial charge in [0.05, 0.1) is 16.4 Å². The van der Waals surface area contributed by atoms with Crippen LogP contribution in [-0.2, 0) is 19.9 Å². The number of hydrogen-bond donors (Lipinski definition) is 0. The monoisotopic (exact) mass is 430 g/mol. The fourth-order valence-corrected chi connectivity index (χ4v) is 6.65. The lowest BCUT2D eigenvalue weighted by Crippen LogP contribution is -2.43. The zero-order valence-electron chi connectivity index (χ0n) is 17.0. The van der Waals surface area contributed by atoms with Gasteiger partial charge in [0, 0.05) is 31.2 Å². The lowest BCUT2D eigenvalue weighted by atomic mass is 10.1. The SMILES string of the molecule is CCN(CC)S(=O)(=O)c1ccc(C(=O)N(CC(C)C)[C@H]2CCS(=O)(=O)C2)cc1. The van der Waals surface area contributed by atoms with Crippen LogP contribution in [0.25, 0.3) is 0 Å². The van der Waals surface area contributed by atoms with Crippen LogP contribution < -0.4 is 0 Å². The molecule has 1 saturated heterocycles. The number of nitrogens with zero attached hydrogens (tertiary/aromatic N) is 2. The highest BCUT2D eigenvalue weighted by atomic mass is 32.2. The van der Waals surface area contributed by atoms with E-state index in [1.54, 1.807) is 18.7 Å². The highest BCUT2D eigenvalue weighted by molar-refractivity contribution is 7.91. The molecule has 7 nitrogen and oxygen atoms in total. The van der Waals surface area contributed by atoms with E-state index in [2.05, 4.69) is 0 Å². The van der Waals surface area contributed by atoms with Crippen molar-refractivity contribution >= 4 is 25.8 Å². The van der Waals surface area contributed by atoms with Crippen molar-refractivity contribution in [3.05, 3.63) is 29.8 Å². The average molecular weight is 431 g/mol. The third kappa shape index (κ3) is 5.12. The van der Waals surface area contributed by atoms with Crippen molar-refractivity contribution in [1.29, 1.82) is 0 Å². The van der Waals surface area contributed by atoms with E-state index >= 15 is 0 Å². The van der Waals surface area contributed by atoms with Gasteiger partial charge in [0.15, 0.2) is 9.84 Å². The summed E-state index contributed by atoms with van der Waals surface area (Å²) in [6.07, 6.45) is 0.440. The third-order valence-electron chi connectivity index (χ3n) is 4.92. The first-order chi connectivity index (χ1) is 13.0. The number of benzene rings is 1. The normalized spacial score (nSPS) is 19.3. The van der Waals surface area contributed by atoms with E-state index in [-0.39, 0.29) is 34.3 Å². The average Bonchev–Trinajstić information content (AvgIpc) is 2.99. The molecule has 0 unspecified atom stereocenters. The summed E-state index contributed by atoms with van der Waals surface area (Å²) < 4.78 is 50.3. The summed E-state index contributed by atoms with van der Waals surface area (Å²) in [5.41, 5.74) is 0.364. The van der Waals surface area contributed by atoms with Crippen LogP contribution in [0.15, 0.2) is 29.2 Å². The molecule has 1 fully saturated rings. The molecule has 1 heterocycles. The minimum Gasteiger partial charge on any atom is -0.334 e. The maximum Gasteiger partial charge on any atom is 0.254 e. The van der Waals surface area contributed by atoms with Gasteiger partial charge in [0.25, 0.3) is 5.91 Å². The molecule has 158 valence electrons. The smallest absolute Gasteiger partial charge is 0.254 e. The van der Waals surface area contributed by atoms with Gasteiger partial charge in [-0.2, -0.15) is 4.31 Å². The molecule has 0 bridgehead atoms. The molecule has 9 heteroatoms. The molecule has 1 aliphatic heterocycles. The van der Waals surface area contributed by atoms with Crippen LogP contribution in [0.5, 0.6) is 0 Å². The summed E-state index contributed by atoms with van der Waals surface area (Å²) in [7, 11) is -6.70. The standard InChI is InChI=1S/C19H30N2O5S2/c1-5-20(6-2)28(25,26)18-9-7-16(8-10-18)19(22)21(13-15(3)4)17-11-12-27(23,24)14-17/h7-10,15,17H,5-6,11-14H2,1-4H3/t17-/m0/s1. The molecule has 0 aromatic heterocycles. The number of hydrogen-bond acceptors (Lipinski definition) is 5. The van der Waals surface area contributed by atoms with Gasteiger partial charge in [-0.25, -0.2) is 16.8 Å². The van der Waals surface area contributed by atoms with E-state index in [0.717, 1.165) is 0 Å². The Labute approximate surface area is 168 Å². The zero-order chi connectivity index (χ0) is 21.1. The molecular formula is C19H30N2O5S2. The van der Waals surface area contributed by atoms with Gasteiger partial charge >= 0.3 is 0 Å².